The molecule has 0 N–H and O–H groups in total. The highest BCUT2D eigenvalue weighted by molar-refractivity contribution is 6.30. The van der Waals surface area contributed by atoms with Gasteiger partial charge in [-0.2, -0.15) is 0 Å². The lowest BCUT2D eigenvalue weighted by molar-refractivity contribution is 0.0993. The molecule has 3 rings (SSSR count). The van der Waals surface area contributed by atoms with Crippen LogP contribution in [0.15, 0.2) is 48.8 Å². The summed E-state index contributed by atoms with van der Waals surface area (Å²) in [6, 6.07) is 12.7. The van der Waals surface area contributed by atoms with Gasteiger partial charge in [-0.1, -0.05) is 11.6 Å². The van der Waals surface area contributed by atoms with Crippen LogP contribution in [0.25, 0.3) is 11.0 Å². The molecule has 106 valence electrons. The largest absolute Gasteiger partial charge is 0.334 e. The van der Waals surface area contributed by atoms with Crippen LogP contribution in [0.2, 0.25) is 5.02 Å². The standard InChI is InChI=1S/C16H14ClN3O/c1-19-10-18-14-9-13(7-8-15(14)19)20(2)16(21)11-3-5-12(17)6-4-11/h3-10H,1-2H3. The van der Waals surface area contributed by atoms with Crippen LogP contribution in [-0.4, -0.2) is 22.5 Å². The molecule has 0 unspecified atom stereocenters. The third-order valence-corrected chi connectivity index (χ3v) is 3.74. The highest BCUT2D eigenvalue weighted by Crippen LogP contribution is 2.22. The number of aryl methyl sites for hydroxylation is 1. The van der Waals surface area contributed by atoms with E-state index in [9.17, 15) is 4.79 Å². The Hall–Kier alpha value is -2.33. The van der Waals surface area contributed by atoms with Gasteiger partial charge in [0.2, 0.25) is 0 Å². The number of fused-ring (bicyclic) bond motifs is 1. The minimum Gasteiger partial charge on any atom is -0.334 e. The van der Waals surface area contributed by atoms with E-state index in [0.717, 1.165) is 16.7 Å². The van der Waals surface area contributed by atoms with Gasteiger partial charge in [0.05, 0.1) is 17.4 Å². The van der Waals surface area contributed by atoms with Crippen molar-refractivity contribution in [1.82, 2.24) is 9.55 Å². The molecule has 0 spiro atoms. The second-order valence-corrected chi connectivity index (χ2v) is 5.34. The first kappa shape index (κ1) is 13.6. The van der Waals surface area contributed by atoms with E-state index < -0.39 is 0 Å². The fraction of sp³-hybridized carbons (Fsp3) is 0.125. The number of aromatic nitrogens is 2. The lowest BCUT2D eigenvalue weighted by atomic mass is 10.2. The summed E-state index contributed by atoms with van der Waals surface area (Å²) in [4.78, 5) is 18.4. The van der Waals surface area contributed by atoms with Crippen LogP contribution in [0.5, 0.6) is 0 Å². The van der Waals surface area contributed by atoms with Gasteiger partial charge in [-0.15, -0.1) is 0 Å². The number of rotatable bonds is 2. The van der Waals surface area contributed by atoms with Crippen LogP contribution >= 0.6 is 11.6 Å². The van der Waals surface area contributed by atoms with Gasteiger partial charge in [0.25, 0.3) is 5.91 Å². The van der Waals surface area contributed by atoms with E-state index in [-0.39, 0.29) is 5.91 Å². The second kappa shape index (κ2) is 5.22. The molecule has 3 aromatic rings. The SMILES string of the molecule is CN(C(=O)c1ccc(Cl)cc1)c1ccc2c(c1)ncn2C. The van der Waals surface area contributed by atoms with Gasteiger partial charge in [-0.25, -0.2) is 4.98 Å². The van der Waals surface area contributed by atoms with Gasteiger partial charge < -0.3 is 9.47 Å². The molecule has 1 heterocycles. The molecule has 0 fully saturated rings. The number of imidazole rings is 1. The topological polar surface area (TPSA) is 38.1 Å². The zero-order chi connectivity index (χ0) is 15.0. The molecule has 0 aliphatic heterocycles. The summed E-state index contributed by atoms with van der Waals surface area (Å²) in [5.41, 5.74) is 3.31. The molecule has 0 atom stereocenters. The van der Waals surface area contributed by atoms with E-state index in [4.69, 9.17) is 11.6 Å². The first-order valence-electron chi connectivity index (χ1n) is 6.51. The van der Waals surface area contributed by atoms with Crippen LogP contribution in [0, 0.1) is 0 Å². The summed E-state index contributed by atoms with van der Waals surface area (Å²) in [6.45, 7) is 0. The smallest absolute Gasteiger partial charge is 0.258 e. The van der Waals surface area contributed by atoms with Crippen molar-refractivity contribution in [1.29, 1.82) is 0 Å². The number of nitrogens with zero attached hydrogens (tertiary/aromatic N) is 3. The van der Waals surface area contributed by atoms with E-state index >= 15 is 0 Å². The van der Waals surface area contributed by atoms with Crippen molar-refractivity contribution >= 4 is 34.2 Å². The van der Waals surface area contributed by atoms with Gasteiger partial charge >= 0.3 is 0 Å². The van der Waals surface area contributed by atoms with E-state index in [1.165, 1.54) is 0 Å². The van der Waals surface area contributed by atoms with E-state index in [1.807, 2.05) is 29.8 Å². The Morgan fingerprint density at radius 3 is 2.62 bits per heavy atom. The van der Waals surface area contributed by atoms with Gasteiger partial charge in [-0.05, 0) is 42.5 Å². The molecule has 0 aliphatic carbocycles. The maximum Gasteiger partial charge on any atom is 0.258 e. The number of benzene rings is 2. The number of anilines is 1. The van der Waals surface area contributed by atoms with E-state index in [2.05, 4.69) is 4.98 Å². The zero-order valence-electron chi connectivity index (χ0n) is 11.7. The molecular formula is C16H14ClN3O. The van der Waals surface area contributed by atoms with Crippen LogP contribution in [0.1, 0.15) is 10.4 Å². The summed E-state index contributed by atoms with van der Waals surface area (Å²) in [5.74, 6) is -0.0815. The van der Waals surface area contributed by atoms with Gasteiger partial charge in [0.1, 0.15) is 0 Å². The molecule has 1 amide bonds. The van der Waals surface area contributed by atoms with Crippen molar-refractivity contribution < 1.29 is 4.79 Å². The molecule has 1 aromatic heterocycles. The Morgan fingerprint density at radius 2 is 1.90 bits per heavy atom. The van der Waals surface area contributed by atoms with Gasteiger partial charge in [0, 0.05) is 30.4 Å². The first-order valence-corrected chi connectivity index (χ1v) is 6.89. The van der Waals surface area contributed by atoms with E-state index in [0.29, 0.717) is 10.6 Å². The summed E-state index contributed by atoms with van der Waals surface area (Å²) in [7, 11) is 3.69. The fourth-order valence-electron chi connectivity index (χ4n) is 2.24. The highest BCUT2D eigenvalue weighted by atomic mass is 35.5. The molecule has 4 nitrogen and oxygen atoms in total. The number of halogens is 1. The van der Waals surface area contributed by atoms with Crippen LogP contribution in [-0.2, 0) is 7.05 Å². The number of carbonyl (C=O) groups is 1. The number of carbonyl (C=O) groups excluding carboxylic acids is 1. The normalized spacial score (nSPS) is 10.8. The maximum absolute atomic E-state index is 12.5. The predicted molar refractivity (Wildman–Crippen MR) is 84.9 cm³/mol. The highest BCUT2D eigenvalue weighted by Gasteiger charge is 2.14. The summed E-state index contributed by atoms with van der Waals surface area (Å²) >= 11 is 5.85. The van der Waals surface area contributed by atoms with E-state index in [1.54, 1.807) is 42.5 Å². The zero-order valence-corrected chi connectivity index (χ0v) is 12.5. The minimum atomic E-state index is -0.0815. The van der Waals surface area contributed by atoms with Crippen LogP contribution in [0.3, 0.4) is 0 Å². The molecule has 0 aliphatic rings. The second-order valence-electron chi connectivity index (χ2n) is 4.90. The molecule has 21 heavy (non-hydrogen) atoms. The summed E-state index contributed by atoms with van der Waals surface area (Å²) < 4.78 is 1.94. The Balaban J connectivity index is 1.93. The Labute approximate surface area is 127 Å². The van der Waals surface area contributed by atoms with Crippen molar-refractivity contribution in [3.05, 3.63) is 59.4 Å². The maximum atomic E-state index is 12.5. The molecule has 0 radical (unpaired) electrons. The third-order valence-electron chi connectivity index (χ3n) is 3.49. The first-order chi connectivity index (χ1) is 10.1. The average molecular weight is 300 g/mol. The van der Waals surface area contributed by atoms with Crippen molar-refractivity contribution in [2.75, 3.05) is 11.9 Å². The third kappa shape index (κ3) is 2.50. The molecule has 5 heteroatoms. The lowest BCUT2D eigenvalue weighted by Gasteiger charge is -2.17. The molecule has 0 saturated carbocycles. The Kier molecular flexibility index (Phi) is 3.39. The Bertz CT molecular complexity index is 808. The number of amides is 1. The molecule has 0 bridgehead atoms. The van der Waals surface area contributed by atoms with Crippen LogP contribution in [0.4, 0.5) is 5.69 Å². The van der Waals surface area contributed by atoms with Gasteiger partial charge in [-0.3, -0.25) is 4.79 Å². The summed E-state index contributed by atoms with van der Waals surface area (Å²) in [6.07, 6.45) is 1.76. The van der Waals surface area contributed by atoms with Crippen molar-refractivity contribution in [2.45, 2.75) is 0 Å². The van der Waals surface area contributed by atoms with Crippen molar-refractivity contribution in [3.63, 3.8) is 0 Å². The number of hydrogen-bond donors (Lipinski definition) is 0. The van der Waals surface area contributed by atoms with Crippen LogP contribution < -0.4 is 4.90 Å². The fourth-order valence-corrected chi connectivity index (χ4v) is 2.36. The summed E-state index contributed by atoms with van der Waals surface area (Å²) in [5, 5.41) is 0.615. The molecule has 2 aromatic carbocycles. The van der Waals surface area contributed by atoms with Crippen molar-refractivity contribution in [2.24, 2.45) is 7.05 Å². The molecule has 0 saturated heterocycles. The Morgan fingerprint density at radius 1 is 1.19 bits per heavy atom. The average Bonchev–Trinajstić information content (AvgIpc) is 2.87. The quantitative estimate of drug-likeness (QED) is 0.726. The minimum absolute atomic E-state index is 0.0815. The lowest BCUT2D eigenvalue weighted by Crippen LogP contribution is -2.26. The monoisotopic (exact) mass is 299 g/mol. The molecular weight excluding hydrogens is 286 g/mol. The van der Waals surface area contributed by atoms with Crippen molar-refractivity contribution in [3.8, 4) is 0 Å². The van der Waals surface area contributed by atoms with Gasteiger partial charge in [0.15, 0.2) is 0 Å². The number of hydrogen-bond acceptors (Lipinski definition) is 2. The predicted octanol–water partition coefficient (Wildman–Crippen LogP) is 3.50.